The van der Waals surface area contributed by atoms with Gasteiger partial charge in [0.15, 0.2) is 0 Å². The number of piperidine rings is 1. The molecule has 2 unspecified atom stereocenters. The lowest BCUT2D eigenvalue weighted by Gasteiger charge is -2.44. The van der Waals surface area contributed by atoms with Gasteiger partial charge in [-0.15, -0.1) is 0 Å². The lowest BCUT2D eigenvalue weighted by molar-refractivity contribution is -0.148. The van der Waals surface area contributed by atoms with Gasteiger partial charge in [0.2, 0.25) is 0 Å². The molecule has 116 valence electrons. The highest BCUT2D eigenvalue weighted by atomic mass is 32.2. The number of urea groups is 1. The van der Waals surface area contributed by atoms with Gasteiger partial charge in [-0.3, -0.25) is 0 Å². The highest BCUT2D eigenvalue weighted by molar-refractivity contribution is 7.99. The van der Waals surface area contributed by atoms with Crippen LogP contribution in [0.1, 0.15) is 40.5 Å². The molecule has 1 aliphatic rings. The fraction of sp³-hybridized carbons (Fsp3) is 0.857. The van der Waals surface area contributed by atoms with E-state index in [-0.39, 0.29) is 17.5 Å². The van der Waals surface area contributed by atoms with Crippen molar-refractivity contribution >= 4 is 23.8 Å². The van der Waals surface area contributed by atoms with Gasteiger partial charge < -0.3 is 15.3 Å². The van der Waals surface area contributed by atoms with E-state index in [1.807, 2.05) is 20.8 Å². The van der Waals surface area contributed by atoms with Crippen LogP contribution in [-0.2, 0) is 4.79 Å². The molecule has 0 radical (unpaired) electrons. The molecular formula is C14H26N2O3S. The normalized spacial score (nSPS) is 23.2. The van der Waals surface area contributed by atoms with Crippen LogP contribution in [0.3, 0.4) is 0 Å². The number of carbonyl (C=O) groups is 2. The van der Waals surface area contributed by atoms with E-state index in [0.717, 1.165) is 24.3 Å². The minimum absolute atomic E-state index is 0.0481. The van der Waals surface area contributed by atoms with Gasteiger partial charge in [-0.1, -0.05) is 20.8 Å². The number of thioether (sulfide) groups is 1. The van der Waals surface area contributed by atoms with Gasteiger partial charge in [-0.2, -0.15) is 11.8 Å². The molecule has 5 nitrogen and oxygen atoms in total. The molecule has 1 aliphatic heterocycles. The maximum atomic E-state index is 12.3. The summed E-state index contributed by atoms with van der Waals surface area (Å²) in [5, 5.41) is 12.4. The minimum Gasteiger partial charge on any atom is -0.480 e. The molecule has 6 heteroatoms. The zero-order valence-electron chi connectivity index (χ0n) is 12.8. The Morgan fingerprint density at radius 2 is 2.15 bits per heavy atom. The number of likely N-dealkylation sites (tertiary alicyclic amines) is 1. The topological polar surface area (TPSA) is 69.6 Å². The number of amides is 2. The summed E-state index contributed by atoms with van der Waals surface area (Å²) in [5.41, 5.74) is -0.386. The predicted octanol–water partition coefficient (Wildman–Crippen LogP) is 2.41. The maximum Gasteiger partial charge on any atom is 0.327 e. The Balaban J connectivity index is 2.71. The average molecular weight is 302 g/mol. The van der Waals surface area contributed by atoms with Gasteiger partial charge >= 0.3 is 12.0 Å². The van der Waals surface area contributed by atoms with Gasteiger partial charge in [0.1, 0.15) is 6.04 Å². The SMILES string of the molecule is CCSCC(C)NC(=O)N1CCCC(C)(C)C1C(=O)O. The van der Waals surface area contributed by atoms with Gasteiger partial charge in [-0.05, 0) is 30.9 Å². The second kappa shape index (κ2) is 7.20. The number of nitrogens with one attached hydrogen (secondary N) is 1. The summed E-state index contributed by atoms with van der Waals surface area (Å²) in [5.74, 6) is 0.937. The Labute approximate surface area is 125 Å². The summed E-state index contributed by atoms with van der Waals surface area (Å²) in [6.45, 7) is 8.38. The summed E-state index contributed by atoms with van der Waals surface area (Å²) in [6.07, 6.45) is 1.68. The number of aliphatic carboxylic acids is 1. The molecule has 2 amide bonds. The Hall–Kier alpha value is -0.910. The fourth-order valence-corrected chi connectivity index (χ4v) is 3.38. The van der Waals surface area contributed by atoms with Gasteiger partial charge in [-0.25, -0.2) is 9.59 Å². The van der Waals surface area contributed by atoms with E-state index in [0.29, 0.717) is 6.54 Å². The van der Waals surface area contributed by atoms with Crippen molar-refractivity contribution in [2.24, 2.45) is 5.41 Å². The predicted molar refractivity (Wildman–Crippen MR) is 82.1 cm³/mol. The van der Waals surface area contributed by atoms with Crippen LogP contribution >= 0.6 is 11.8 Å². The smallest absolute Gasteiger partial charge is 0.327 e. The highest BCUT2D eigenvalue weighted by Crippen LogP contribution is 2.35. The number of nitrogens with zero attached hydrogens (tertiary/aromatic N) is 1. The molecule has 20 heavy (non-hydrogen) atoms. The van der Waals surface area contributed by atoms with Crippen molar-refractivity contribution in [1.29, 1.82) is 0 Å². The lowest BCUT2D eigenvalue weighted by atomic mass is 9.76. The average Bonchev–Trinajstić information content (AvgIpc) is 2.34. The van der Waals surface area contributed by atoms with Crippen molar-refractivity contribution in [3.05, 3.63) is 0 Å². The first-order valence-electron chi connectivity index (χ1n) is 7.17. The second-order valence-corrected chi connectivity index (χ2v) is 7.36. The minimum atomic E-state index is -0.916. The summed E-state index contributed by atoms with van der Waals surface area (Å²) in [6, 6.07) is -0.955. The third kappa shape index (κ3) is 4.30. The van der Waals surface area contributed by atoms with E-state index in [9.17, 15) is 14.7 Å². The van der Waals surface area contributed by atoms with Crippen LogP contribution in [0.25, 0.3) is 0 Å². The summed E-state index contributed by atoms with van der Waals surface area (Å²) in [4.78, 5) is 25.3. The Bertz CT molecular complexity index is 360. The van der Waals surface area contributed by atoms with Crippen molar-refractivity contribution in [1.82, 2.24) is 10.2 Å². The van der Waals surface area contributed by atoms with Crippen LogP contribution in [0.2, 0.25) is 0 Å². The molecule has 2 N–H and O–H groups in total. The Kier molecular flexibility index (Phi) is 6.17. The summed E-state index contributed by atoms with van der Waals surface area (Å²) >= 11 is 1.76. The van der Waals surface area contributed by atoms with Gasteiger partial charge in [0, 0.05) is 18.3 Å². The molecular weight excluding hydrogens is 276 g/mol. The second-order valence-electron chi connectivity index (χ2n) is 6.04. The van der Waals surface area contributed by atoms with Crippen LogP contribution in [-0.4, -0.2) is 52.1 Å². The standard InChI is InChI=1S/C14H26N2O3S/c1-5-20-9-10(2)15-13(19)16-8-6-7-14(3,4)11(16)12(17)18/h10-11H,5-9H2,1-4H3,(H,15,19)(H,17,18). The molecule has 0 aromatic heterocycles. The number of carboxylic acid groups (broad SMARTS) is 1. The van der Waals surface area contributed by atoms with Crippen molar-refractivity contribution in [3.63, 3.8) is 0 Å². The highest BCUT2D eigenvalue weighted by Gasteiger charge is 2.44. The molecule has 0 bridgehead atoms. The number of carboxylic acids is 1. The van der Waals surface area contributed by atoms with E-state index < -0.39 is 12.0 Å². The molecule has 1 saturated heterocycles. The Morgan fingerprint density at radius 3 is 2.70 bits per heavy atom. The zero-order chi connectivity index (χ0) is 15.3. The van der Waals surface area contributed by atoms with E-state index in [2.05, 4.69) is 12.2 Å². The molecule has 1 fully saturated rings. The lowest BCUT2D eigenvalue weighted by Crippen LogP contribution is -2.59. The molecule has 1 rings (SSSR count). The monoisotopic (exact) mass is 302 g/mol. The zero-order valence-corrected chi connectivity index (χ0v) is 13.6. The fourth-order valence-electron chi connectivity index (χ4n) is 2.71. The third-order valence-corrected chi connectivity index (χ3v) is 4.85. The molecule has 0 aromatic rings. The number of carbonyl (C=O) groups excluding carboxylic acids is 1. The van der Waals surface area contributed by atoms with Crippen molar-refractivity contribution in [3.8, 4) is 0 Å². The molecule has 1 heterocycles. The summed E-state index contributed by atoms with van der Waals surface area (Å²) < 4.78 is 0. The van der Waals surface area contributed by atoms with Crippen LogP contribution < -0.4 is 5.32 Å². The van der Waals surface area contributed by atoms with E-state index in [1.54, 1.807) is 11.8 Å². The van der Waals surface area contributed by atoms with E-state index >= 15 is 0 Å². The largest absolute Gasteiger partial charge is 0.480 e. The maximum absolute atomic E-state index is 12.3. The first kappa shape index (κ1) is 17.1. The van der Waals surface area contributed by atoms with Crippen molar-refractivity contribution < 1.29 is 14.7 Å². The van der Waals surface area contributed by atoms with E-state index in [4.69, 9.17) is 0 Å². The summed E-state index contributed by atoms with van der Waals surface area (Å²) in [7, 11) is 0. The number of rotatable bonds is 5. The van der Waals surface area contributed by atoms with Crippen LogP contribution in [0.4, 0.5) is 4.79 Å². The van der Waals surface area contributed by atoms with Crippen LogP contribution in [0, 0.1) is 5.41 Å². The van der Waals surface area contributed by atoms with Gasteiger partial charge in [0.05, 0.1) is 0 Å². The van der Waals surface area contributed by atoms with Crippen LogP contribution in [0.15, 0.2) is 0 Å². The number of hydrogen-bond acceptors (Lipinski definition) is 3. The van der Waals surface area contributed by atoms with Crippen molar-refractivity contribution in [2.45, 2.75) is 52.6 Å². The molecule has 0 saturated carbocycles. The molecule has 0 spiro atoms. The molecule has 2 atom stereocenters. The van der Waals surface area contributed by atoms with Crippen molar-refractivity contribution in [2.75, 3.05) is 18.1 Å². The quantitative estimate of drug-likeness (QED) is 0.818. The first-order valence-corrected chi connectivity index (χ1v) is 8.32. The van der Waals surface area contributed by atoms with E-state index in [1.165, 1.54) is 4.90 Å². The number of hydrogen-bond donors (Lipinski definition) is 2. The first-order chi connectivity index (χ1) is 9.29. The Morgan fingerprint density at radius 1 is 1.50 bits per heavy atom. The molecule has 0 aromatic carbocycles. The van der Waals surface area contributed by atoms with Gasteiger partial charge in [0.25, 0.3) is 0 Å². The third-order valence-electron chi connectivity index (χ3n) is 3.71. The van der Waals surface area contributed by atoms with Crippen LogP contribution in [0.5, 0.6) is 0 Å². The molecule has 0 aliphatic carbocycles.